The standard InChI is InChI=1S/C19H26FN5OS.HI/c1-2-21-19(22-8-14-27-18-6-4-3-5-17(18)20)25-11-9-24(10-12-25)15-16-7-13-26-23-16;/h3-7,13H,2,8-12,14-15H2,1H3,(H,21,22);1H. The molecule has 9 heteroatoms. The van der Waals surface area contributed by atoms with Crippen molar-refractivity contribution in [2.75, 3.05) is 45.0 Å². The van der Waals surface area contributed by atoms with E-state index in [-0.39, 0.29) is 29.8 Å². The molecule has 0 amide bonds. The number of nitrogens with zero attached hydrogens (tertiary/aromatic N) is 4. The Hall–Kier alpha value is -1.33. The highest BCUT2D eigenvalue weighted by Gasteiger charge is 2.20. The Labute approximate surface area is 186 Å². The summed E-state index contributed by atoms with van der Waals surface area (Å²) in [5.74, 6) is 1.52. The smallest absolute Gasteiger partial charge is 0.194 e. The zero-order valence-corrected chi connectivity index (χ0v) is 19.2. The first-order chi connectivity index (χ1) is 13.3. The van der Waals surface area contributed by atoms with E-state index in [2.05, 4.69) is 27.2 Å². The molecule has 1 aromatic heterocycles. The number of halogens is 2. The third kappa shape index (κ3) is 6.93. The van der Waals surface area contributed by atoms with Crippen LogP contribution in [0, 0.1) is 5.82 Å². The van der Waals surface area contributed by atoms with Crippen LogP contribution in [0.3, 0.4) is 0 Å². The lowest BCUT2D eigenvalue weighted by atomic mass is 10.3. The number of aromatic nitrogens is 1. The molecular formula is C19H27FIN5OS. The van der Waals surface area contributed by atoms with Gasteiger partial charge in [-0.25, -0.2) is 4.39 Å². The Kier molecular flexibility index (Phi) is 10.1. The van der Waals surface area contributed by atoms with E-state index >= 15 is 0 Å². The van der Waals surface area contributed by atoms with Gasteiger partial charge in [0.05, 0.1) is 12.2 Å². The second kappa shape index (κ2) is 12.3. The largest absolute Gasteiger partial charge is 0.364 e. The second-order valence-corrected chi connectivity index (χ2v) is 7.41. The Bertz CT molecular complexity index is 723. The van der Waals surface area contributed by atoms with Crippen LogP contribution in [0.1, 0.15) is 12.6 Å². The SMILES string of the molecule is CCNC(=NCCSc1ccccc1F)N1CCN(Cc2ccon2)CC1.I. The van der Waals surface area contributed by atoms with Gasteiger partial charge in [-0.3, -0.25) is 9.89 Å². The van der Waals surface area contributed by atoms with Gasteiger partial charge in [0.25, 0.3) is 0 Å². The molecule has 0 radical (unpaired) electrons. The van der Waals surface area contributed by atoms with Crippen molar-refractivity contribution in [2.24, 2.45) is 4.99 Å². The maximum Gasteiger partial charge on any atom is 0.194 e. The predicted molar refractivity (Wildman–Crippen MR) is 122 cm³/mol. The molecule has 0 atom stereocenters. The lowest BCUT2D eigenvalue weighted by Gasteiger charge is -2.36. The van der Waals surface area contributed by atoms with E-state index in [4.69, 9.17) is 9.52 Å². The fourth-order valence-corrected chi connectivity index (χ4v) is 3.74. The summed E-state index contributed by atoms with van der Waals surface area (Å²) in [6.07, 6.45) is 1.61. The lowest BCUT2D eigenvalue weighted by Crippen LogP contribution is -2.52. The van der Waals surface area contributed by atoms with Gasteiger partial charge in [-0.05, 0) is 19.1 Å². The molecule has 2 aromatic rings. The first kappa shape index (κ1) is 23.0. The fourth-order valence-electron chi connectivity index (χ4n) is 2.96. The van der Waals surface area contributed by atoms with Crippen LogP contribution in [0.15, 0.2) is 51.0 Å². The number of piperazine rings is 1. The van der Waals surface area contributed by atoms with Gasteiger partial charge in [-0.2, -0.15) is 0 Å². The lowest BCUT2D eigenvalue weighted by molar-refractivity contribution is 0.169. The third-order valence-corrected chi connectivity index (χ3v) is 5.36. The van der Waals surface area contributed by atoms with Gasteiger partial charge >= 0.3 is 0 Å². The summed E-state index contributed by atoms with van der Waals surface area (Å²) in [7, 11) is 0. The van der Waals surface area contributed by atoms with Gasteiger partial charge in [-0.1, -0.05) is 17.3 Å². The summed E-state index contributed by atoms with van der Waals surface area (Å²) < 4.78 is 18.6. The molecule has 2 heterocycles. The molecule has 1 aliphatic rings. The topological polar surface area (TPSA) is 56.9 Å². The molecule has 28 heavy (non-hydrogen) atoms. The molecule has 0 bridgehead atoms. The average molecular weight is 519 g/mol. The molecule has 6 nitrogen and oxygen atoms in total. The van der Waals surface area contributed by atoms with Crippen LogP contribution in [0.25, 0.3) is 0 Å². The molecular weight excluding hydrogens is 492 g/mol. The maximum atomic E-state index is 13.7. The minimum absolute atomic E-state index is 0. The summed E-state index contributed by atoms with van der Waals surface area (Å²) >= 11 is 1.50. The first-order valence-electron chi connectivity index (χ1n) is 9.28. The van der Waals surface area contributed by atoms with Gasteiger partial charge in [-0.15, -0.1) is 35.7 Å². The summed E-state index contributed by atoms with van der Waals surface area (Å²) in [5.41, 5.74) is 0.967. The van der Waals surface area contributed by atoms with E-state index < -0.39 is 0 Å². The van der Waals surface area contributed by atoms with Gasteiger partial charge < -0.3 is 14.7 Å². The number of hydrogen-bond acceptors (Lipinski definition) is 5. The number of guanidine groups is 1. The van der Waals surface area contributed by atoms with Crippen molar-refractivity contribution in [2.45, 2.75) is 18.4 Å². The number of hydrogen-bond donors (Lipinski definition) is 1. The Morgan fingerprint density at radius 1 is 1.25 bits per heavy atom. The molecule has 0 unspecified atom stereocenters. The fraction of sp³-hybridized carbons (Fsp3) is 0.474. The van der Waals surface area contributed by atoms with Crippen molar-refractivity contribution in [1.82, 2.24) is 20.3 Å². The average Bonchev–Trinajstić information content (AvgIpc) is 3.19. The number of thioether (sulfide) groups is 1. The van der Waals surface area contributed by atoms with Crippen LogP contribution in [-0.4, -0.2) is 65.9 Å². The molecule has 1 fully saturated rings. The van der Waals surface area contributed by atoms with Crippen molar-refractivity contribution < 1.29 is 8.91 Å². The molecule has 0 aliphatic carbocycles. The van der Waals surface area contributed by atoms with E-state index in [9.17, 15) is 4.39 Å². The zero-order valence-electron chi connectivity index (χ0n) is 16.0. The second-order valence-electron chi connectivity index (χ2n) is 6.27. The van der Waals surface area contributed by atoms with E-state index in [0.717, 1.165) is 56.7 Å². The van der Waals surface area contributed by atoms with E-state index in [1.54, 1.807) is 12.3 Å². The Morgan fingerprint density at radius 2 is 2.04 bits per heavy atom. The molecule has 3 rings (SSSR count). The highest BCUT2D eigenvalue weighted by Crippen LogP contribution is 2.20. The quantitative estimate of drug-likeness (QED) is 0.199. The van der Waals surface area contributed by atoms with Gasteiger partial charge in [0.1, 0.15) is 12.1 Å². The van der Waals surface area contributed by atoms with Crippen molar-refractivity contribution >= 4 is 41.7 Å². The summed E-state index contributed by atoms with van der Waals surface area (Å²) in [5, 5.41) is 7.35. The van der Waals surface area contributed by atoms with Crippen LogP contribution < -0.4 is 5.32 Å². The van der Waals surface area contributed by atoms with Crippen LogP contribution in [-0.2, 0) is 6.54 Å². The molecule has 1 aliphatic heterocycles. The first-order valence-corrected chi connectivity index (χ1v) is 10.3. The van der Waals surface area contributed by atoms with Crippen LogP contribution >= 0.6 is 35.7 Å². The molecule has 1 saturated heterocycles. The van der Waals surface area contributed by atoms with Crippen molar-refractivity contribution in [3.05, 3.63) is 48.1 Å². The molecule has 1 N–H and O–H groups in total. The third-order valence-electron chi connectivity index (χ3n) is 4.33. The van der Waals surface area contributed by atoms with Gasteiger partial charge in [0.2, 0.25) is 0 Å². The van der Waals surface area contributed by atoms with Gasteiger partial charge in [0, 0.05) is 56.0 Å². The minimum Gasteiger partial charge on any atom is -0.364 e. The van der Waals surface area contributed by atoms with Crippen molar-refractivity contribution in [3.8, 4) is 0 Å². The molecule has 154 valence electrons. The highest BCUT2D eigenvalue weighted by atomic mass is 127. The Balaban J connectivity index is 0.00000280. The molecule has 1 aromatic carbocycles. The summed E-state index contributed by atoms with van der Waals surface area (Å²) in [6, 6.07) is 8.78. The van der Waals surface area contributed by atoms with E-state index in [0.29, 0.717) is 11.4 Å². The number of nitrogens with one attached hydrogen (secondary N) is 1. The highest BCUT2D eigenvalue weighted by molar-refractivity contribution is 14.0. The van der Waals surface area contributed by atoms with Crippen LogP contribution in [0.2, 0.25) is 0 Å². The molecule has 0 spiro atoms. The van der Waals surface area contributed by atoms with Crippen LogP contribution in [0.4, 0.5) is 4.39 Å². The minimum atomic E-state index is -0.165. The van der Waals surface area contributed by atoms with Crippen molar-refractivity contribution in [3.63, 3.8) is 0 Å². The van der Waals surface area contributed by atoms with E-state index in [1.165, 1.54) is 17.8 Å². The zero-order chi connectivity index (χ0) is 18.9. The Morgan fingerprint density at radius 3 is 2.71 bits per heavy atom. The summed E-state index contributed by atoms with van der Waals surface area (Å²) in [6.45, 7) is 8.14. The predicted octanol–water partition coefficient (Wildman–Crippen LogP) is 3.31. The normalized spacial score (nSPS) is 15.4. The van der Waals surface area contributed by atoms with E-state index in [1.807, 2.05) is 18.2 Å². The van der Waals surface area contributed by atoms with Crippen molar-refractivity contribution in [1.29, 1.82) is 0 Å². The summed E-state index contributed by atoms with van der Waals surface area (Å²) in [4.78, 5) is 10.1. The number of benzene rings is 1. The molecule has 0 saturated carbocycles. The van der Waals surface area contributed by atoms with Gasteiger partial charge in [0.15, 0.2) is 5.96 Å². The number of rotatable bonds is 7. The number of aliphatic imine (C=N–C) groups is 1. The monoisotopic (exact) mass is 519 g/mol. The van der Waals surface area contributed by atoms with Crippen LogP contribution in [0.5, 0.6) is 0 Å². The maximum absolute atomic E-state index is 13.7.